The standard InChI is InChI=1S/C30H50N4O7S/c1-21-18-34(22(2)20-35)29(36)26-17-25(32-30(37)31-24-12-7-6-8-13-24)14-15-27(26)41-23(3)11-9-10-16-40-28(21)19-33(4)42(5,38)39/h14-15,17,21-24,28,35H,6-13,16,18-20H2,1-5H3,(H2,31,32,37)/t21-,22+,23+,28-/m0/s1. The number of amides is 3. The second-order valence-corrected chi connectivity index (χ2v) is 14.1. The van der Waals surface area contributed by atoms with Gasteiger partial charge in [0.1, 0.15) is 5.75 Å². The first-order valence-electron chi connectivity index (χ1n) is 15.2. The molecule has 0 spiro atoms. The Morgan fingerprint density at radius 3 is 2.50 bits per heavy atom. The largest absolute Gasteiger partial charge is 0.490 e. The minimum Gasteiger partial charge on any atom is -0.490 e. The van der Waals surface area contributed by atoms with E-state index in [1.807, 2.05) is 13.8 Å². The molecule has 3 N–H and O–H groups in total. The van der Waals surface area contributed by atoms with Gasteiger partial charge in [-0.3, -0.25) is 4.79 Å². The molecule has 1 aromatic rings. The SMILES string of the molecule is C[C@@H]1CCCCO[C@@H](CN(C)S(C)(=O)=O)[C@@H](C)CN([C@H](C)CO)C(=O)c2cc(NC(=O)NC3CCCCC3)ccc2O1. The van der Waals surface area contributed by atoms with Crippen molar-refractivity contribution >= 4 is 27.6 Å². The van der Waals surface area contributed by atoms with E-state index in [2.05, 4.69) is 10.6 Å². The molecule has 0 saturated heterocycles. The lowest BCUT2D eigenvalue weighted by molar-refractivity contribution is -0.00828. The number of hydrogen-bond donors (Lipinski definition) is 3. The van der Waals surface area contributed by atoms with E-state index in [1.165, 1.54) is 17.8 Å². The number of nitrogens with zero attached hydrogens (tertiary/aromatic N) is 2. The van der Waals surface area contributed by atoms with Crippen molar-refractivity contribution in [3.8, 4) is 5.75 Å². The van der Waals surface area contributed by atoms with Crippen LogP contribution in [0, 0.1) is 5.92 Å². The topological polar surface area (TPSA) is 138 Å². The zero-order chi connectivity index (χ0) is 30.9. The van der Waals surface area contributed by atoms with E-state index in [0.717, 1.165) is 51.2 Å². The molecule has 1 aliphatic carbocycles. The molecule has 1 saturated carbocycles. The Hall–Kier alpha value is -2.41. The third-order valence-electron chi connectivity index (χ3n) is 8.25. The summed E-state index contributed by atoms with van der Waals surface area (Å²) in [5.74, 6) is -0.189. The zero-order valence-corrected chi connectivity index (χ0v) is 26.6. The molecule has 238 valence electrons. The summed E-state index contributed by atoms with van der Waals surface area (Å²) < 4.78 is 38.0. The van der Waals surface area contributed by atoms with Crippen LogP contribution in [0.25, 0.3) is 0 Å². The van der Waals surface area contributed by atoms with Crippen molar-refractivity contribution in [3.05, 3.63) is 23.8 Å². The van der Waals surface area contributed by atoms with Gasteiger partial charge in [-0.05, 0) is 64.2 Å². The maximum absolute atomic E-state index is 14.2. The second kappa shape index (κ2) is 15.9. The van der Waals surface area contributed by atoms with Crippen LogP contribution in [0.3, 0.4) is 0 Å². The average Bonchev–Trinajstić information content (AvgIpc) is 2.94. The highest BCUT2D eigenvalue weighted by molar-refractivity contribution is 7.88. The number of nitrogens with one attached hydrogen (secondary N) is 2. The number of fused-ring (bicyclic) bond motifs is 1. The van der Waals surface area contributed by atoms with E-state index < -0.39 is 22.2 Å². The summed E-state index contributed by atoms with van der Waals surface area (Å²) in [4.78, 5) is 28.5. The molecule has 1 heterocycles. The van der Waals surface area contributed by atoms with Gasteiger partial charge in [-0.1, -0.05) is 26.2 Å². The van der Waals surface area contributed by atoms with Crippen LogP contribution in [0.2, 0.25) is 0 Å². The maximum Gasteiger partial charge on any atom is 0.319 e. The molecule has 0 bridgehead atoms. The fraction of sp³-hybridized carbons (Fsp3) is 0.733. The quantitative estimate of drug-likeness (QED) is 0.427. The molecule has 11 nitrogen and oxygen atoms in total. The molecule has 12 heteroatoms. The third kappa shape index (κ3) is 10.1. The van der Waals surface area contributed by atoms with Crippen LogP contribution in [0.15, 0.2) is 18.2 Å². The van der Waals surface area contributed by atoms with Gasteiger partial charge < -0.3 is 30.1 Å². The van der Waals surface area contributed by atoms with Gasteiger partial charge in [0, 0.05) is 44.4 Å². The van der Waals surface area contributed by atoms with Crippen molar-refractivity contribution < 1.29 is 32.6 Å². The Balaban J connectivity index is 1.91. The van der Waals surface area contributed by atoms with Crippen LogP contribution in [0.5, 0.6) is 5.75 Å². The summed E-state index contributed by atoms with van der Waals surface area (Å²) in [6, 6.07) is 4.37. The summed E-state index contributed by atoms with van der Waals surface area (Å²) in [5, 5.41) is 16.0. The number of hydrogen-bond acceptors (Lipinski definition) is 7. The predicted octanol–water partition coefficient (Wildman–Crippen LogP) is 3.83. The number of carbonyl (C=O) groups is 2. The number of likely N-dealkylation sites (N-methyl/N-ethyl adjacent to an activating group) is 1. The van der Waals surface area contributed by atoms with Crippen molar-refractivity contribution in [1.29, 1.82) is 0 Å². The fourth-order valence-electron chi connectivity index (χ4n) is 5.45. The predicted molar refractivity (Wildman–Crippen MR) is 163 cm³/mol. The summed E-state index contributed by atoms with van der Waals surface area (Å²) in [6.07, 6.45) is 8.17. The Bertz CT molecular complexity index is 1140. The van der Waals surface area contributed by atoms with Gasteiger partial charge in [-0.2, -0.15) is 0 Å². The van der Waals surface area contributed by atoms with Crippen LogP contribution in [0.1, 0.15) is 82.5 Å². The molecule has 1 fully saturated rings. The molecule has 3 amide bonds. The summed E-state index contributed by atoms with van der Waals surface area (Å²) in [7, 11) is -1.91. The average molecular weight is 611 g/mol. The third-order valence-corrected chi connectivity index (χ3v) is 9.53. The Morgan fingerprint density at radius 1 is 1.14 bits per heavy atom. The van der Waals surface area contributed by atoms with Crippen molar-refractivity contribution in [3.63, 3.8) is 0 Å². The van der Waals surface area contributed by atoms with Gasteiger partial charge >= 0.3 is 6.03 Å². The molecule has 0 unspecified atom stereocenters. The summed E-state index contributed by atoms with van der Waals surface area (Å²) in [5.41, 5.74) is 0.751. The highest BCUT2D eigenvalue weighted by Crippen LogP contribution is 2.29. The number of urea groups is 1. The number of aliphatic hydroxyl groups is 1. The van der Waals surface area contributed by atoms with Crippen LogP contribution >= 0.6 is 0 Å². The van der Waals surface area contributed by atoms with Gasteiger partial charge in [0.2, 0.25) is 10.0 Å². The van der Waals surface area contributed by atoms with Gasteiger partial charge in [0.05, 0.1) is 36.7 Å². The van der Waals surface area contributed by atoms with E-state index >= 15 is 0 Å². The van der Waals surface area contributed by atoms with Crippen molar-refractivity contribution in [2.45, 2.75) is 96.4 Å². The smallest absolute Gasteiger partial charge is 0.319 e. The van der Waals surface area contributed by atoms with E-state index in [4.69, 9.17) is 9.47 Å². The first-order chi connectivity index (χ1) is 19.9. The fourth-order valence-corrected chi connectivity index (χ4v) is 5.87. The molecule has 0 aromatic heterocycles. The molecule has 4 atom stereocenters. The van der Waals surface area contributed by atoms with Gasteiger partial charge in [0.25, 0.3) is 5.91 Å². The van der Waals surface area contributed by atoms with Gasteiger partial charge in [0.15, 0.2) is 0 Å². The summed E-state index contributed by atoms with van der Waals surface area (Å²) in [6.45, 7) is 6.19. The number of rotatable bonds is 7. The van der Waals surface area contributed by atoms with Crippen molar-refractivity contribution in [2.24, 2.45) is 5.92 Å². The van der Waals surface area contributed by atoms with Gasteiger partial charge in [-0.15, -0.1) is 0 Å². The molecule has 3 rings (SSSR count). The Labute approximate surface area is 251 Å². The first-order valence-corrected chi connectivity index (χ1v) is 17.1. The van der Waals surface area contributed by atoms with Crippen molar-refractivity contribution in [2.75, 3.05) is 44.9 Å². The lowest BCUT2D eigenvalue weighted by Gasteiger charge is -2.35. The minimum atomic E-state index is -3.43. The molecule has 2 aliphatic rings. The van der Waals surface area contributed by atoms with E-state index in [1.54, 1.807) is 30.0 Å². The maximum atomic E-state index is 14.2. The molecular formula is C30H50N4O7S. The van der Waals surface area contributed by atoms with E-state index in [9.17, 15) is 23.1 Å². The molecule has 1 aromatic carbocycles. The first kappa shape index (κ1) is 34.1. The van der Waals surface area contributed by atoms with E-state index in [-0.39, 0.29) is 55.3 Å². The van der Waals surface area contributed by atoms with Crippen molar-refractivity contribution in [1.82, 2.24) is 14.5 Å². The van der Waals surface area contributed by atoms with E-state index in [0.29, 0.717) is 18.0 Å². The molecule has 42 heavy (non-hydrogen) atoms. The second-order valence-electron chi connectivity index (χ2n) is 12.0. The van der Waals surface area contributed by atoms with Crippen LogP contribution in [0.4, 0.5) is 10.5 Å². The number of sulfonamides is 1. The number of aliphatic hydroxyl groups excluding tert-OH is 1. The summed E-state index contributed by atoms with van der Waals surface area (Å²) >= 11 is 0. The van der Waals surface area contributed by atoms with Gasteiger partial charge in [-0.25, -0.2) is 17.5 Å². The number of benzene rings is 1. The Kier molecular flexibility index (Phi) is 12.9. The lowest BCUT2D eigenvalue weighted by Crippen LogP contribution is -2.48. The van der Waals surface area contributed by atoms with Crippen LogP contribution < -0.4 is 15.4 Å². The molecular weight excluding hydrogens is 560 g/mol. The lowest BCUT2D eigenvalue weighted by atomic mass is 9.96. The molecule has 1 aliphatic heterocycles. The highest BCUT2D eigenvalue weighted by Gasteiger charge is 2.31. The monoisotopic (exact) mass is 610 g/mol. The minimum absolute atomic E-state index is 0.140. The van der Waals surface area contributed by atoms with Crippen LogP contribution in [-0.2, 0) is 14.8 Å². The number of ether oxygens (including phenoxy) is 2. The molecule has 0 radical (unpaired) electrons. The normalized spacial score (nSPS) is 24.3. The number of carbonyl (C=O) groups excluding carboxylic acids is 2. The van der Waals surface area contributed by atoms with Crippen LogP contribution in [-0.4, -0.2) is 98.6 Å². The highest BCUT2D eigenvalue weighted by atomic mass is 32.2. The Morgan fingerprint density at radius 2 is 1.83 bits per heavy atom. The number of anilines is 1. The zero-order valence-electron chi connectivity index (χ0n) is 25.8.